The molecule has 80 valence electrons. The average Bonchev–Trinajstić information content (AvgIpc) is 2.17. The second kappa shape index (κ2) is 5.14. The van der Waals surface area contributed by atoms with E-state index < -0.39 is 11.9 Å². The SMILES string of the molecule is NC(=O)c1ccccc1CCCC(=O)O. The molecule has 0 atom stereocenters. The Labute approximate surface area is 87.7 Å². The van der Waals surface area contributed by atoms with Crippen molar-refractivity contribution in [2.24, 2.45) is 5.73 Å². The van der Waals surface area contributed by atoms with Gasteiger partial charge in [0.1, 0.15) is 0 Å². The van der Waals surface area contributed by atoms with E-state index in [1.54, 1.807) is 18.2 Å². The van der Waals surface area contributed by atoms with Crippen LogP contribution in [0.1, 0.15) is 28.8 Å². The molecule has 0 unspecified atom stereocenters. The summed E-state index contributed by atoms with van der Waals surface area (Å²) < 4.78 is 0. The number of hydrogen-bond acceptors (Lipinski definition) is 2. The van der Waals surface area contributed by atoms with Gasteiger partial charge < -0.3 is 10.8 Å². The average molecular weight is 207 g/mol. The Morgan fingerprint density at radius 2 is 1.93 bits per heavy atom. The highest BCUT2D eigenvalue weighted by molar-refractivity contribution is 5.94. The number of nitrogens with two attached hydrogens (primary N) is 1. The Hall–Kier alpha value is -1.84. The van der Waals surface area contributed by atoms with Crippen LogP contribution in [0.2, 0.25) is 0 Å². The molecule has 0 saturated carbocycles. The van der Waals surface area contributed by atoms with E-state index in [0.29, 0.717) is 18.4 Å². The van der Waals surface area contributed by atoms with Crippen molar-refractivity contribution in [3.8, 4) is 0 Å². The minimum atomic E-state index is -0.827. The van der Waals surface area contributed by atoms with E-state index in [2.05, 4.69) is 0 Å². The van der Waals surface area contributed by atoms with Gasteiger partial charge in [0, 0.05) is 12.0 Å². The molecule has 1 rings (SSSR count). The van der Waals surface area contributed by atoms with E-state index in [1.807, 2.05) is 6.07 Å². The second-order valence-electron chi connectivity index (χ2n) is 3.27. The van der Waals surface area contributed by atoms with E-state index in [0.717, 1.165) is 5.56 Å². The van der Waals surface area contributed by atoms with Gasteiger partial charge in [-0.05, 0) is 24.5 Å². The summed E-state index contributed by atoms with van der Waals surface area (Å²) in [4.78, 5) is 21.3. The predicted molar refractivity (Wildman–Crippen MR) is 55.5 cm³/mol. The Balaban J connectivity index is 2.67. The lowest BCUT2D eigenvalue weighted by Crippen LogP contribution is -2.13. The van der Waals surface area contributed by atoms with Gasteiger partial charge in [0.2, 0.25) is 5.91 Å². The van der Waals surface area contributed by atoms with Crippen LogP contribution in [0.15, 0.2) is 24.3 Å². The number of carbonyl (C=O) groups is 2. The minimum Gasteiger partial charge on any atom is -0.481 e. The predicted octanol–water partition coefficient (Wildman–Crippen LogP) is 1.19. The number of carboxylic acids is 1. The molecule has 0 spiro atoms. The lowest BCUT2D eigenvalue weighted by Gasteiger charge is -2.04. The molecular formula is C11H13NO3. The first-order valence-corrected chi connectivity index (χ1v) is 4.70. The number of rotatable bonds is 5. The van der Waals surface area contributed by atoms with Crippen LogP contribution in [-0.2, 0) is 11.2 Å². The van der Waals surface area contributed by atoms with Crippen LogP contribution in [0.5, 0.6) is 0 Å². The van der Waals surface area contributed by atoms with Gasteiger partial charge >= 0.3 is 5.97 Å². The molecule has 4 heteroatoms. The molecule has 1 aromatic rings. The topological polar surface area (TPSA) is 80.4 Å². The third-order valence-electron chi connectivity index (χ3n) is 2.12. The lowest BCUT2D eigenvalue weighted by atomic mass is 10.0. The first kappa shape index (κ1) is 11.2. The highest BCUT2D eigenvalue weighted by atomic mass is 16.4. The standard InChI is InChI=1S/C11H13NO3/c12-11(15)9-6-2-1-4-8(9)5-3-7-10(13)14/h1-2,4,6H,3,5,7H2,(H2,12,15)(H,13,14). The first-order valence-electron chi connectivity index (χ1n) is 4.70. The summed E-state index contributed by atoms with van der Waals surface area (Å²) in [6.07, 6.45) is 1.18. The van der Waals surface area contributed by atoms with Crippen molar-refractivity contribution in [1.82, 2.24) is 0 Å². The molecule has 0 heterocycles. The molecule has 0 fully saturated rings. The van der Waals surface area contributed by atoms with Crippen LogP contribution in [-0.4, -0.2) is 17.0 Å². The fourth-order valence-electron chi connectivity index (χ4n) is 1.41. The van der Waals surface area contributed by atoms with E-state index in [4.69, 9.17) is 10.8 Å². The van der Waals surface area contributed by atoms with Crippen LogP contribution in [0.4, 0.5) is 0 Å². The van der Waals surface area contributed by atoms with Crippen molar-refractivity contribution in [3.05, 3.63) is 35.4 Å². The van der Waals surface area contributed by atoms with Crippen molar-refractivity contribution < 1.29 is 14.7 Å². The summed E-state index contributed by atoms with van der Waals surface area (Å²) in [6.45, 7) is 0. The quantitative estimate of drug-likeness (QED) is 0.761. The molecule has 15 heavy (non-hydrogen) atoms. The minimum absolute atomic E-state index is 0.104. The molecule has 0 radical (unpaired) electrons. The maximum Gasteiger partial charge on any atom is 0.303 e. The molecule has 1 aromatic carbocycles. The van der Waals surface area contributed by atoms with Gasteiger partial charge in [0.25, 0.3) is 0 Å². The van der Waals surface area contributed by atoms with Crippen LogP contribution >= 0.6 is 0 Å². The number of hydrogen-bond donors (Lipinski definition) is 2. The molecule has 0 aliphatic carbocycles. The molecule has 1 amide bonds. The van der Waals surface area contributed by atoms with Gasteiger partial charge in [-0.1, -0.05) is 18.2 Å². The molecule has 0 aliphatic heterocycles. The normalized spacial score (nSPS) is 9.87. The van der Waals surface area contributed by atoms with Gasteiger partial charge in [0.15, 0.2) is 0 Å². The Kier molecular flexibility index (Phi) is 3.85. The van der Waals surface area contributed by atoms with Crippen LogP contribution in [0.3, 0.4) is 0 Å². The number of primary amides is 1. The number of aryl methyl sites for hydroxylation is 1. The molecule has 0 saturated heterocycles. The Bertz CT molecular complexity index is 374. The molecule has 4 nitrogen and oxygen atoms in total. The van der Waals surface area contributed by atoms with E-state index in [9.17, 15) is 9.59 Å². The maximum atomic E-state index is 11.0. The molecule has 0 aromatic heterocycles. The van der Waals surface area contributed by atoms with Crippen molar-refractivity contribution in [2.45, 2.75) is 19.3 Å². The highest BCUT2D eigenvalue weighted by Crippen LogP contribution is 2.11. The Morgan fingerprint density at radius 3 is 2.53 bits per heavy atom. The fourth-order valence-corrected chi connectivity index (χ4v) is 1.41. The largest absolute Gasteiger partial charge is 0.481 e. The summed E-state index contributed by atoms with van der Waals surface area (Å²) in [5.41, 5.74) is 6.48. The van der Waals surface area contributed by atoms with Crippen molar-refractivity contribution in [1.29, 1.82) is 0 Å². The van der Waals surface area contributed by atoms with Gasteiger partial charge in [-0.15, -0.1) is 0 Å². The monoisotopic (exact) mass is 207 g/mol. The third kappa shape index (κ3) is 3.42. The van der Waals surface area contributed by atoms with Gasteiger partial charge in [-0.25, -0.2) is 0 Å². The maximum absolute atomic E-state index is 11.0. The summed E-state index contributed by atoms with van der Waals surface area (Å²) >= 11 is 0. The molecule has 0 bridgehead atoms. The molecule has 0 aliphatic rings. The van der Waals surface area contributed by atoms with E-state index >= 15 is 0 Å². The zero-order chi connectivity index (χ0) is 11.3. The number of benzene rings is 1. The number of carbonyl (C=O) groups excluding carboxylic acids is 1. The first-order chi connectivity index (χ1) is 7.11. The smallest absolute Gasteiger partial charge is 0.303 e. The zero-order valence-electron chi connectivity index (χ0n) is 8.27. The van der Waals surface area contributed by atoms with Gasteiger partial charge in [0.05, 0.1) is 0 Å². The van der Waals surface area contributed by atoms with E-state index in [-0.39, 0.29) is 6.42 Å². The fraction of sp³-hybridized carbons (Fsp3) is 0.273. The number of amides is 1. The molecule has 3 N–H and O–H groups in total. The third-order valence-corrected chi connectivity index (χ3v) is 2.12. The zero-order valence-corrected chi connectivity index (χ0v) is 8.27. The molecular weight excluding hydrogens is 194 g/mol. The van der Waals surface area contributed by atoms with E-state index in [1.165, 1.54) is 0 Å². The van der Waals surface area contributed by atoms with Gasteiger partial charge in [-0.2, -0.15) is 0 Å². The number of aliphatic carboxylic acids is 1. The van der Waals surface area contributed by atoms with Crippen molar-refractivity contribution in [2.75, 3.05) is 0 Å². The van der Waals surface area contributed by atoms with Gasteiger partial charge in [-0.3, -0.25) is 9.59 Å². The summed E-state index contributed by atoms with van der Waals surface area (Å²) in [6, 6.07) is 6.99. The van der Waals surface area contributed by atoms with Crippen LogP contribution < -0.4 is 5.73 Å². The summed E-state index contributed by atoms with van der Waals surface area (Å²) in [7, 11) is 0. The second-order valence-corrected chi connectivity index (χ2v) is 3.27. The van der Waals surface area contributed by atoms with Crippen molar-refractivity contribution in [3.63, 3.8) is 0 Å². The van der Waals surface area contributed by atoms with Crippen LogP contribution in [0.25, 0.3) is 0 Å². The highest BCUT2D eigenvalue weighted by Gasteiger charge is 2.07. The summed E-state index contributed by atoms with van der Waals surface area (Å²) in [5, 5.41) is 8.48. The van der Waals surface area contributed by atoms with Crippen LogP contribution in [0, 0.1) is 0 Å². The number of carboxylic acid groups (broad SMARTS) is 1. The van der Waals surface area contributed by atoms with Crippen molar-refractivity contribution >= 4 is 11.9 Å². The summed E-state index contributed by atoms with van der Waals surface area (Å²) in [5.74, 6) is -1.30. The Morgan fingerprint density at radius 1 is 1.27 bits per heavy atom. The lowest BCUT2D eigenvalue weighted by molar-refractivity contribution is -0.137.